The molecular weight excluding hydrogens is 412 g/mol. The first-order chi connectivity index (χ1) is 15.7. The highest BCUT2D eigenvalue weighted by molar-refractivity contribution is 5.88. The van der Waals surface area contributed by atoms with Gasteiger partial charge in [-0.1, -0.05) is 55.2 Å². The van der Waals surface area contributed by atoms with E-state index in [0.717, 1.165) is 59.3 Å². The molecule has 0 aromatic heterocycles. The lowest BCUT2D eigenvalue weighted by molar-refractivity contribution is -0.142. The van der Waals surface area contributed by atoms with Crippen LogP contribution in [0.3, 0.4) is 0 Å². The van der Waals surface area contributed by atoms with E-state index in [2.05, 4.69) is 11.4 Å². The first-order valence-corrected chi connectivity index (χ1v) is 12.1. The second-order valence-corrected chi connectivity index (χ2v) is 9.52. The highest BCUT2D eigenvalue weighted by atomic mass is 16.5. The largest absolute Gasteiger partial charge is 0.483 e. The minimum absolute atomic E-state index is 0.0926. The zero-order chi connectivity index (χ0) is 24.0. The number of amides is 2. The van der Waals surface area contributed by atoms with Crippen LogP contribution in [0.25, 0.3) is 0 Å². The molecule has 5 heteroatoms. The summed E-state index contributed by atoms with van der Waals surface area (Å²) >= 11 is 0. The van der Waals surface area contributed by atoms with Gasteiger partial charge in [-0.15, -0.1) is 0 Å². The summed E-state index contributed by atoms with van der Waals surface area (Å²) in [5.74, 6) is 0.431. The standard InChI is InChI=1S/C28H38N2O3/c1-19-11-13-24(14-12-19)17-30(23(5)28(32)29-25-9-7-6-8-10-25)27(31)18-33-26-16-20(2)15-21(3)22(26)4/h11-16,23,25H,6-10,17-18H2,1-5H3,(H,29,32)/t23-/m1/s1. The van der Waals surface area contributed by atoms with E-state index in [1.807, 2.05) is 65.0 Å². The molecule has 1 saturated carbocycles. The van der Waals surface area contributed by atoms with Crippen LogP contribution in [0.2, 0.25) is 0 Å². The fraction of sp³-hybridized carbons (Fsp3) is 0.500. The van der Waals surface area contributed by atoms with E-state index in [9.17, 15) is 9.59 Å². The van der Waals surface area contributed by atoms with Crippen molar-refractivity contribution in [3.8, 4) is 5.75 Å². The zero-order valence-corrected chi connectivity index (χ0v) is 20.7. The molecule has 0 heterocycles. The van der Waals surface area contributed by atoms with Crippen molar-refractivity contribution in [3.05, 3.63) is 64.2 Å². The Kier molecular flexibility index (Phi) is 8.54. The number of carbonyl (C=O) groups is 2. The Hall–Kier alpha value is -2.82. The molecular formula is C28H38N2O3. The van der Waals surface area contributed by atoms with Crippen LogP contribution >= 0.6 is 0 Å². The Balaban J connectivity index is 1.74. The summed E-state index contributed by atoms with van der Waals surface area (Å²) in [6.45, 7) is 10.2. The van der Waals surface area contributed by atoms with Crippen LogP contribution < -0.4 is 10.1 Å². The van der Waals surface area contributed by atoms with Gasteiger partial charge < -0.3 is 15.0 Å². The lowest BCUT2D eigenvalue weighted by Gasteiger charge is -2.31. The molecule has 0 spiro atoms. The predicted octanol–water partition coefficient (Wildman–Crippen LogP) is 5.17. The van der Waals surface area contributed by atoms with Gasteiger partial charge in [-0.3, -0.25) is 9.59 Å². The average Bonchev–Trinajstić information content (AvgIpc) is 2.80. The van der Waals surface area contributed by atoms with Gasteiger partial charge in [0, 0.05) is 12.6 Å². The second-order valence-electron chi connectivity index (χ2n) is 9.52. The quantitative estimate of drug-likeness (QED) is 0.604. The molecule has 2 aromatic carbocycles. The molecule has 178 valence electrons. The molecule has 3 rings (SSSR count). The van der Waals surface area contributed by atoms with Crippen molar-refractivity contribution in [2.45, 2.75) is 85.4 Å². The minimum atomic E-state index is -0.579. The van der Waals surface area contributed by atoms with E-state index in [0.29, 0.717) is 6.54 Å². The maximum absolute atomic E-state index is 13.3. The first kappa shape index (κ1) is 24.8. The Morgan fingerprint density at radius 1 is 1.00 bits per heavy atom. The number of benzene rings is 2. The Bertz CT molecular complexity index is 962. The summed E-state index contributed by atoms with van der Waals surface area (Å²) in [7, 11) is 0. The molecule has 33 heavy (non-hydrogen) atoms. The summed E-state index contributed by atoms with van der Waals surface area (Å²) in [5.41, 5.74) is 5.41. The van der Waals surface area contributed by atoms with E-state index in [1.165, 1.54) is 6.42 Å². The molecule has 1 N–H and O–H groups in total. The van der Waals surface area contributed by atoms with Gasteiger partial charge in [-0.05, 0) is 75.8 Å². The van der Waals surface area contributed by atoms with Crippen molar-refractivity contribution in [2.24, 2.45) is 0 Å². The van der Waals surface area contributed by atoms with Crippen LogP contribution in [0.15, 0.2) is 36.4 Å². The second kappa shape index (κ2) is 11.4. The van der Waals surface area contributed by atoms with E-state index in [-0.39, 0.29) is 24.5 Å². The van der Waals surface area contributed by atoms with Gasteiger partial charge in [0.1, 0.15) is 11.8 Å². The van der Waals surface area contributed by atoms with Gasteiger partial charge in [0.25, 0.3) is 5.91 Å². The summed E-state index contributed by atoms with van der Waals surface area (Å²) in [6.07, 6.45) is 5.55. The van der Waals surface area contributed by atoms with E-state index in [4.69, 9.17) is 4.74 Å². The minimum Gasteiger partial charge on any atom is -0.483 e. The van der Waals surface area contributed by atoms with Gasteiger partial charge in [0.2, 0.25) is 5.91 Å². The number of nitrogens with one attached hydrogen (secondary N) is 1. The summed E-state index contributed by atoms with van der Waals surface area (Å²) < 4.78 is 5.95. The lowest BCUT2D eigenvalue weighted by atomic mass is 9.95. The Labute approximate surface area is 198 Å². The van der Waals surface area contributed by atoms with Crippen LogP contribution in [0.4, 0.5) is 0 Å². The van der Waals surface area contributed by atoms with Crippen LogP contribution in [-0.2, 0) is 16.1 Å². The van der Waals surface area contributed by atoms with Crippen molar-refractivity contribution in [2.75, 3.05) is 6.61 Å². The molecule has 2 amide bonds. The van der Waals surface area contributed by atoms with Crippen LogP contribution in [0.1, 0.15) is 66.8 Å². The molecule has 0 unspecified atom stereocenters. The molecule has 2 aromatic rings. The average molecular weight is 451 g/mol. The number of carbonyl (C=O) groups excluding carboxylic acids is 2. The van der Waals surface area contributed by atoms with Gasteiger partial charge in [0.15, 0.2) is 6.61 Å². The highest BCUT2D eigenvalue weighted by Crippen LogP contribution is 2.24. The van der Waals surface area contributed by atoms with Crippen molar-refractivity contribution < 1.29 is 14.3 Å². The number of ether oxygens (including phenoxy) is 1. The van der Waals surface area contributed by atoms with Crippen molar-refractivity contribution in [1.82, 2.24) is 10.2 Å². The third-order valence-electron chi connectivity index (χ3n) is 6.71. The maximum atomic E-state index is 13.3. The fourth-order valence-electron chi connectivity index (χ4n) is 4.41. The number of nitrogens with zero attached hydrogens (tertiary/aromatic N) is 1. The van der Waals surface area contributed by atoms with E-state index < -0.39 is 6.04 Å². The monoisotopic (exact) mass is 450 g/mol. The molecule has 0 radical (unpaired) electrons. The van der Waals surface area contributed by atoms with Crippen LogP contribution in [0, 0.1) is 27.7 Å². The predicted molar refractivity (Wildman–Crippen MR) is 132 cm³/mol. The first-order valence-electron chi connectivity index (χ1n) is 12.1. The summed E-state index contributed by atoms with van der Waals surface area (Å²) in [4.78, 5) is 28.0. The number of hydrogen-bond donors (Lipinski definition) is 1. The van der Waals surface area contributed by atoms with Gasteiger partial charge in [-0.2, -0.15) is 0 Å². The van der Waals surface area contributed by atoms with Crippen LogP contribution in [0.5, 0.6) is 5.75 Å². The normalized spacial score (nSPS) is 15.1. The van der Waals surface area contributed by atoms with Crippen LogP contribution in [-0.4, -0.2) is 35.4 Å². The van der Waals surface area contributed by atoms with Crippen molar-refractivity contribution in [1.29, 1.82) is 0 Å². The molecule has 5 nitrogen and oxygen atoms in total. The van der Waals surface area contributed by atoms with E-state index >= 15 is 0 Å². The summed E-state index contributed by atoms with van der Waals surface area (Å²) in [5, 5.41) is 3.17. The SMILES string of the molecule is Cc1ccc(CN(C(=O)COc2cc(C)cc(C)c2C)[C@H](C)C(=O)NC2CCCCC2)cc1. The molecule has 0 saturated heterocycles. The molecule has 1 aliphatic carbocycles. The number of rotatable bonds is 8. The number of aryl methyl sites for hydroxylation is 3. The molecule has 0 aliphatic heterocycles. The number of hydrogen-bond acceptors (Lipinski definition) is 3. The summed E-state index contributed by atoms with van der Waals surface area (Å²) in [6, 6.07) is 11.8. The topological polar surface area (TPSA) is 58.6 Å². The van der Waals surface area contributed by atoms with Gasteiger partial charge in [0.05, 0.1) is 0 Å². The van der Waals surface area contributed by atoms with E-state index in [1.54, 1.807) is 4.90 Å². The molecule has 0 bridgehead atoms. The smallest absolute Gasteiger partial charge is 0.261 e. The third-order valence-corrected chi connectivity index (χ3v) is 6.71. The van der Waals surface area contributed by atoms with Gasteiger partial charge >= 0.3 is 0 Å². The van der Waals surface area contributed by atoms with Gasteiger partial charge in [-0.25, -0.2) is 0 Å². The molecule has 1 fully saturated rings. The Morgan fingerprint density at radius 3 is 2.33 bits per heavy atom. The highest BCUT2D eigenvalue weighted by Gasteiger charge is 2.28. The fourth-order valence-corrected chi connectivity index (χ4v) is 4.41. The Morgan fingerprint density at radius 2 is 1.67 bits per heavy atom. The van der Waals surface area contributed by atoms with Crippen molar-refractivity contribution in [3.63, 3.8) is 0 Å². The van der Waals surface area contributed by atoms with Crippen molar-refractivity contribution >= 4 is 11.8 Å². The zero-order valence-electron chi connectivity index (χ0n) is 20.7. The maximum Gasteiger partial charge on any atom is 0.261 e. The molecule has 1 atom stereocenters. The third kappa shape index (κ3) is 6.83. The molecule has 1 aliphatic rings. The lowest BCUT2D eigenvalue weighted by Crippen LogP contribution is -2.51.